The van der Waals surface area contributed by atoms with E-state index in [1.807, 2.05) is 0 Å². The van der Waals surface area contributed by atoms with Gasteiger partial charge in [-0.15, -0.1) is 0 Å². The summed E-state index contributed by atoms with van der Waals surface area (Å²) < 4.78 is 22.0. The minimum Gasteiger partial charge on any atom is -0.418 e. The maximum Gasteiger partial charge on any atom is 0.418 e. The topological polar surface area (TPSA) is 122 Å². The van der Waals surface area contributed by atoms with Crippen molar-refractivity contribution in [3.8, 4) is 11.5 Å². The first-order valence-corrected chi connectivity index (χ1v) is 7.37. The molecule has 0 aliphatic heterocycles. The van der Waals surface area contributed by atoms with E-state index in [1.54, 1.807) is 0 Å². The lowest BCUT2D eigenvalue weighted by Crippen LogP contribution is -2.10. The molecule has 0 radical (unpaired) electrons. The highest BCUT2D eigenvalue weighted by Gasteiger charge is 2.07. The van der Waals surface area contributed by atoms with Crippen molar-refractivity contribution in [1.82, 2.24) is 0 Å². The molecule has 0 saturated heterocycles. The van der Waals surface area contributed by atoms with Crippen molar-refractivity contribution in [2.24, 2.45) is 11.5 Å². The summed E-state index contributed by atoms with van der Waals surface area (Å²) in [6.07, 6.45) is 0. The molecule has 4 N–H and O–H groups in total. The van der Waals surface area contributed by atoms with Crippen LogP contribution >= 0.6 is 8.25 Å². The Labute approximate surface area is 126 Å². The monoisotopic (exact) mass is 320 g/mol. The normalized spacial score (nSPS) is 10.2. The predicted molar refractivity (Wildman–Crippen MR) is 80.2 cm³/mol. The van der Waals surface area contributed by atoms with E-state index in [4.69, 9.17) is 20.5 Å². The fourth-order valence-electron chi connectivity index (χ4n) is 1.59. The Balaban J connectivity index is 1.97. The zero-order valence-electron chi connectivity index (χ0n) is 11.3. The fraction of sp³-hybridized carbons (Fsp3) is 0. The number of carbonyl (C=O) groups excluding carboxylic acids is 2. The van der Waals surface area contributed by atoms with Gasteiger partial charge in [0.2, 0.25) is 11.8 Å². The first-order chi connectivity index (χ1) is 10.5. The maximum atomic E-state index is 11.8. The highest BCUT2D eigenvalue weighted by Crippen LogP contribution is 2.30. The summed E-state index contributed by atoms with van der Waals surface area (Å²) in [5.41, 5.74) is 10.8. The summed E-state index contributed by atoms with van der Waals surface area (Å²) in [6, 6.07) is 11.7. The third-order valence-electron chi connectivity index (χ3n) is 2.68. The van der Waals surface area contributed by atoms with Crippen LogP contribution in [-0.4, -0.2) is 11.8 Å². The van der Waals surface area contributed by atoms with Crippen LogP contribution in [0.25, 0.3) is 0 Å². The number of hydrogen-bond donors (Lipinski definition) is 2. The Morgan fingerprint density at radius 1 is 0.727 bits per heavy atom. The predicted octanol–water partition coefficient (Wildman–Crippen LogP) is 1.73. The summed E-state index contributed by atoms with van der Waals surface area (Å²) in [7, 11) is -2.84. The van der Waals surface area contributed by atoms with Crippen LogP contribution in [0.1, 0.15) is 20.7 Å². The standard InChI is InChI=1S/C14H13N2O5P/c15-13(17)9-1-5-11(6-2-9)20-22(19)21-12-7-3-10(4-8-12)14(16)18/h1-8,22H,(H2,15,17)(H2,16,18). The van der Waals surface area contributed by atoms with Gasteiger partial charge in [0, 0.05) is 11.1 Å². The summed E-state index contributed by atoms with van der Waals surface area (Å²) in [4.78, 5) is 21.8. The van der Waals surface area contributed by atoms with Crippen LogP contribution < -0.4 is 20.5 Å². The molecule has 2 amide bonds. The number of benzene rings is 2. The zero-order chi connectivity index (χ0) is 16.1. The van der Waals surface area contributed by atoms with Gasteiger partial charge in [-0.1, -0.05) is 0 Å². The smallest absolute Gasteiger partial charge is 0.418 e. The van der Waals surface area contributed by atoms with Crippen molar-refractivity contribution >= 4 is 20.1 Å². The third kappa shape index (κ3) is 4.10. The summed E-state index contributed by atoms with van der Waals surface area (Å²) >= 11 is 0. The van der Waals surface area contributed by atoms with Crippen LogP contribution in [0.15, 0.2) is 48.5 Å². The van der Waals surface area contributed by atoms with Gasteiger partial charge in [-0.2, -0.15) is 0 Å². The van der Waals surface area contributed by atoms with Gasteiger partial charge < -0.3 is 20.5 Å². The average molecular weight is 320 g/mol. The van der Waals surface area contributed by atoms with E-state index in [2.05, 4.69) is 0 Å². The molecule has 0 unspecified atom stereocenters. The molecule has 0 aliphatic carbocycles. The van der Waals surface area contributed by atoms with Gasteiger partial charge >= 0.3 is 8.25 Å². The van der Waals surface area contributed by atoms with Crippen LogP contribution in [-0.2, 0) is 4.57 Å². The Kier molecular flexibility index (Phi) is 4.80. The van der Waals surface area contributed by atoms with Crippen LogP contribution in [0.3, 0.4) is 0 Å². The van der Waals surface area contributed by atoms with Gasteiger partial charge in [0.25, 0.3) is 0 Å². The van der Waals surface area contributed by atoms with E-state index < -0.39 is 20.1 Å². The van der Waals surface area contributed by atoms with Crippen LogP contribution in [0.4, 0.5) is 0 Å². The van der Waals surface area contributed by atoms with Crippen molar-refractivity contribution in [3.63, 3.8) is 0 Å². The Morgan fingerprint density at radius 2 is 1.05 bits per heavy atom. The van der Waals surface area contributed by atoms with Crippen LogP contribution in [0, 0.1) is 0 Å². The number of primary amides is 2. The van der Waals surface area contributed by atoms with Crippen molar-refractivity contribution in [1.29, 1.82) is 0 Å². The second kappa shape index (κ2) is 6.78. The molecule has 22 heavy (non-hydrogen) atoms. The van der Waals surface area contributed by atoms with E-state index in [0.717, 1.165) is 0 Å². The molecular weight excluding hydrogens is 307 g/mol. The summed E-state index contributed by atoms with van der Waals surface area (Å²) in [6.45, 7) is 0. The number of nitrogens with two attached hydrogens (primary N) is 2. The van der Waals surface area contributed by atoms with E-state index >= 15 is 0 Å². The first-order valence-electron chi connectivity index (χ1n) is 6.15. The third-order valence-corrected chi connectivity index (χ3v) is 3.48. The molecule has 7 nitrogen and oxygen atoms in total. The van der Waals surface area contributed by atoms with Crippen LogP contribution in [0.2, 0.25) is 0 Å². The van der Waals surface area contributed by atoms with Gasteiger partial charge in [0.15, 0.2) is 0 Å². The molecule has 2 aromatic rings. The number of amides is 2. The van der Waals surface area contributed by atoms with Crippen molar-refractivity contribution in [2.75, 3.05) is 0 Å². The largest absolute Gasteiger partial charge is 0.418 e. The van der Waals surface area contributed by atoms with E-state index in [-0.39, 0.29) is 11.5 Å². The number of carbonyl (C=O) groups is 2. The average Bonchev–Trinajstić information content (AvgIpc) is 2.48. The van der Waals surface area contributed by atoms with E-state index in [0.29, 0.717) is 11.1 Å². The van der Waals surface area contributed by atoms with Gasteiger partial charge in [-0.3, -0.25) is 9.59 Å². The molecular formula is C14H13N2O5P. The molecule has 114 valence electrons. The lowest BCUT2D eigenvalue weighted by Gasteiger charge is -2.08. The number of hydrogen-bond acceptors (Lipinski definition) is 5. The lowest BCUT2D eigenvalue weighted by molar-refractivity contribution is 0.0992. The molecule has 8 heteroatoms. The molecule has 2 aromatic carbocycles. The molecule has 2 rings (SSSR count). The SMILES string of the molecule is NC(=O)c1ccc(O[PH](=O)Oc2ccc(C(N)=O)cc2)cc1. The quantitative estimate of drug-likeness (QED) is 0.785. The summed E-state index contributed by atoms with van der Waals surface area (Å²) in [5.74, 6) is -0.569. The van der Waals surface area contributed by atoms with Crippen molar-refractivity contribution < 1.29 is 23.2 Å². The maximum absolute atomic E-state index is 11.8. The van der Waals surface area contributed by atoms with Gasteiger partial charge in [-0.05, 0) is 48.5 Å². The van der Waals surface area contributed by atoms with Gasteiger partial charge in [0.05, 0.1) is 0 Å². The Morgan fingerprint density at radius 3 is 1.32 bits per heavy atom. The highest BCUT2D eigenvalue weighted by molar-refractivity contribution is 7.34. The molecule has 0 saturated carbocycles. The molecule has 0 aromatic heterocycles. The lowest BCUT2D eigenvalue weighted by atomic mass is 10.2. The molecule has 0 bridgehead atoms. The first kappa shape index (κ1) is 15.6. The van der Waals surface area contributed by atoms with Gasteiger partial charge in [-0.25, -0.2) is 4.57 Å². The minimum absolute atomic E-state index is 0.280. The molecule has 0 fully saturated rings. The van der Waals surface area contributed by atoms with E-state index in [9.17, 15) is 14.2 Å². The van der Waals surface area contributed by atoms with Crippen molar-refractivity contribution in [2.45, 2.75) is 0 Å². The molecule has 0 aliphatic rings. The Hall–Kier alpha value is -2.79. The second-order valence-electron chi connectivity index (χ2n) is 4.23. The molecule has 0 atom stereocenters. The molecule has 0 spiro atoms. The van der Waals surface area contributed by atoms with E-state index in [1.165, 1.54) is 48.5 Å². The second-order valence-corrected chi connectivity index (χ2v) is 5.14. The zero-order valence-corrected chi connectivity index (χ0v) is 12.3. The Bertz CT molecular complexity index is 652. The highest BCUT2D eigenvalue weighted by atomic mass is 31.1. The fourth-order valence-corrected chi connectivity index (χ4v) is 2.29. The molecule has 0 heterocycles. The summed E-state index contributed by atoms with van der Waals surface area (Å²) in [5, 5.41) is 0. The number of rotatable bonds is 6. The van der Waals surface area contributed by atoms with Gasteiger partial charge in [0.1, 0.15) is 11.5 Å². The minimum atomic E-state index is -2.84. The van der Waals surface area contributed by atoms with Crippen molar-refractivity contribution in [3.05, 3.63) is 59.7 Å². The van der Waals surface area contributed by atoms with Crippen LogP contribution in [0.5, 0.6) is 11.5 Å².